The second-order valence-corrected chi connectivity index (χ2v) is 6.63. The monoisotopic (exact) mass is 380 g/mol. The van der Waals surface area contributed by atoms with Crippen LogP contribution in [0.2, 0.25) is 0 Å². The van der Waals surface area contributed by atoms with Crippen LogP contribution < -0.4 is 0 Å². The highest BCUT2D eigenvalue weighted by molar-refractivity contribution is 5.76. The van der Waals surface area contributed by atoms with Crippen LogP contribution in [0.3, 0.4) is 0 Å². The summed E-state index contributed by atoms with van der Waals surface area (Å²) in [5, 5.41) is 3.73. The summed E-state index contributed by atoms with van der Waals surface area (Å²) in [6, 6.07) is 3.98. The Morgan fingerprint density at radius 1 is 1.37 bits per heavy atom. The highest BCUT2D eigenvalue weighted by Gasteiger charge is 2.21. The standard InChI is InChI=1S/C14H13FN2O4.C5H12O/c1-3-12(20-8(2)19)14-16-13(17-21-14)9-4-5-10(7-18)11(15)6-9;1-5(2,3)6-4/h4-7,12H,3H2,1-2H3;1-4H3/t12-;/m0./s1. The SMILES string of the molecule is CC[C@H](OC(C)=O)c1nc(-c2ccc(C=O)c(F)c2)no1.COC(C)(C)C. The van der Waals surface area contributed by atoms with Gasteiger partial charge in [0.15, 0.2) is 12.4 Å². The van der Waals surface area contributed by atoms with E-state index in [1.54, 1.807) is 14.0 Å². The van der Waals surface area contributed by atoms with Crippen LogP contribution in [0.15, 0.2) is 22.7 Å². The summed E-state index contributed by atoms with van der Waals surface area (Å²) in [5.74, 6) is -0.821. The fourth-order valence-electron chi connectivity index (χ4n) is 1.75. The maximum absolute atomic E-state index is 13.6. The summed E-state index contributed by atoms with van der Waals surface area (Å²) >= 11 is 0. The molecule has 1 aromatic carbocycles. The number of esters is 1. The molecule has 0 fully saturated rings. The van der Waals surface area contributed by atoms with Gasteiger partial charge in [0.25, 0.3) is 5.89 Å². The average Bonchev–Trinajstić information content (AvgIpc) is 3.09. The molecular formula is C19H25FN2O5. The Morgan fingerprint density at radius 2 is 2.00 bits per heavy atom. The van der Waals surface area contributed by atoms with Crippen LogP contribution in [0.4, 0.5) is 4.39 Å². The van der Waals surface area contributed by atoms with Crippen LogP contribution in [0, 0.1) is 5.82 Å². The average molecular weight is 380 g/mol. The summed E-state index contributed by atoms with van der Waals surface area (Å²) in [6.07, 6.45) is 0.261. The van der Waals surface area contributed by atoms with Gasteiger partial charge >= 0.3 is 5.97 Å². The van der Waals surface area contributed by atoms with Gasteiger partial charge < -0.3 is 14.0 Å². The van der Waals surface area contributed by atoms with Gasteiger partial charge in [0.1, 0.15) is 5.82 Å². The highest BCUT2D eigenvalue weighted by Crippen LogP contribution is 2.24. The zero-order valence-electron chi connectivity index (χ0n) is 16.4. The lowest BCUT2D eigenvalue weighted by Crippen LogP contribution is -2.15. The van der Waals surface area contributed by atoms with Gasteiger partial charge in [-0.15, -0.1) is 0 Å². The normalized spacial score (nSPS) is 12.0. The van der Waals surface area contributed by atoms with Gasteiger partial charge in [-0.2, -0.15) is 4.98 Å². The molecule has 0 aliphatic rings. The maximum atomic E-state index is 13.6. The number of aldehydes is 1. The van der Waals surface area contributed by atoms with Crippen molar-refractivity contribution in [2.24, 2.45) is 0 Å². The first kappa shape index (κ1) is 22.4. The number of benzene rings is 1. The van der Waals surface area contributed by atoms with E-state index in [0.717, 1.165) is 6.07 Å². The topological polar surface area (TPSA) is 91.5 Å². The number of hydrogen-bond donors (Lipinski definition) is 0. The van der Waals surface area contributed by atoms with E-state index in [2.05, 4.69) is 10.1 Å². The van der Waals surface area contributed by atoms with Crippen LogP contribution >= 0.6 is 0 Å². The molecule has 1 heterocycles. The second-order valence-electron chi connectivity index (χ2n) is 6.63. The Balaban J connectivity index is 0.000000527. The number of rotatable bonds is 5. The van der Waals surface area contributed by atoms with Crippen LogP contribution in [0.1, 0.15) is 63.4 Å². The van der Waals surface area contributed by atoms with Crippen LogP contribution in [-0.4, -0.2) is 35.1 Å². The molecule has 8 heteroatoms. The first-order valence-corrected chi connectivity index (χ1v) is 8.42. The molecule has 0 bridgehead atoms. The summed E-state index contributed by atoms with van der Waals surface area (Å²) in [5.41, 5.74) is 0.361. The van der Waals surface area contributed by atoms with E-state index >= 15 is 0 Å². The number of methoxy groups -OCH3 is 1. The minimum atomic E-state index is -0.666. The molecule has 0 spiro atoms. The molecule has 1 atom stereocenters. The first-order valence-electron chi connectivity index (χ1n) is 8.42. The van der Waals surface area contributed by atoms with Gasteiger partial charge in [0.05, 0.1) is 11.2 Å². The molecule has 27 heavy (non-hydrogen) atoms. The molecule has 0 amide bonds. The van der Waals surface area contributed by atoms with Gasteiger partial charge in [-0.05, 0) is 39.3 Å². The number of carbonyl (C=O) groups excluding carboxylic acids is 2. The van der Waals surface area contributed by atoms with E-state index in [1.165, 1.54) is 19.1 Å². The Labute approximate surface area is 157 Å². The number of hydrogen-bond acceptors (Lipinski definition) is 7. The van der Waals surface area contributed by atoms with Crippen molar-refractivity contribution in [3.05, 3.63) is 35.5 Å². The molecule has 2 rings (SSSR count). The summed E-state index contributed by atoms with van der Waals surface area (Å²) in [4.78, 5) is 25.6. The molecule has 0 radical (unpaired) electrons. The Morgan fingerprint density at radius 3 is 2.44 bits per heavy atom. The molecule has 7 nitrogen and oxygen atoms in total. The van der Waals surface area contributed by atoms with E-state index in [1.807, 2.05) is 20.8 Å². The maximum Gasteiger partial charge on any atom is 0.303 e. The van der Waals surface area contributed by atoms with E-state index in [-0.39, 0.29) is 22.9 Å². The third-order valence-corrected chi connectivity index (χ3v) is 3.39. The van der Waals surface area contributed by atoms with Crippen LogP contribution in [-0.2, 0) is 14.3 Å². The third kappa shape index (κ3) is 7.26. The van der Waals surface area contributed by atoms with Crippen molar-refractivity contribution in [3.63, 3.8) is 0 Å². The number of nitrogens with zero attached hydrogens (tertiary/aromatic N) is 2. The zero-order valence-corrected chi connectivity index (χ0v) is 16.4. The van der Waals surface area contributed by atoms with E-state index in [9.17, 15) is 14.0 Å². The molecule has 0 N–H and O–H groups in total. The van der Waals surface area contributed by atoms with Crippen molar-refractivity contribution in [3.8, 4) is 11.4 Å². The van der Waals surface area contributed by atoms with Crippen LogP contribution in [0.5, 0.6) is 0 Å². The van der Waals surface area contributed by atoms with E-state index < -0.39 is 17.9 Å². The predicted octanol–water partition coefficient (Wildman–Crippen LogP) is 4.13. The lowest BCUT2D eigenvalue weighted by atomic mass is 10.1. The second kappa shape index (κ2) is 9.91. The van der Waals surface area contributed by atoms with Gasteiger partial charge in [0.2, 0.25) is 5.82 Å². The third-order valence-electron chi connectivity index (χ3n) is 3.39. The number of carbonyl (C=O) groups is 2. The predicted molar refractivity (Wildman–Crippen MR) is 96.6 cm³/mol. The summed E-state index contributed by atoms with van der Waals surface area (Å²) < 4.78 is 28.6. The van der Waals surface area contributed by atoms with Gasteiger partial charge in [-0.25, -0.2) is 4.39 Å². The Hall–Kier alpha value is -2.61. The minimum absolute atomic E-state index is 0.0417. The van der Waals surface area contributed by atoms with Crippen molar-refractivity contribution >= 4 is 12.3 Å². The molecular weight excluding hydrogens is 355 g/mol. The van der Waals surface area contributed by atoms with Crippen LogP contribution in [0.25, 0.3) is 11.4 Å². The van der Waals surface area contributed by atoms with Crippen molar-refractivity contribution in [2.75, 3.05) is 7.11 Å². The molecule has 0 aliphatic carbocycles. The lowest BCUT2D eigenvalue weighted by molar-refractivity contribution is -0.148. The van der Waals surface area contributed by atoms with Crippen molar-refractivity contribution in [1.29, 1.82) is 0 Å². The lowest BCUT2D eigenvalue weighted by Gasteiger charge is -2.14. The largest absolute Gasteiger partial charge is 0.452 e. The van der Waals surface area contributed by atoms with Gasteiger partial charge in [-0.1, -0.05) is 18.1 Å². The van der Waals surface area contributed by atoms with Gasteiger partial charge in [0, 0.05) is 19.6 Å². The molecule has 2 aromatic rings. The smallest absolute Gasteiger partial charge is 0.303 e. The summed E-state index contributed by atoms with van der Waals surface area (Å²) in [7, 11) is 1.71. The molecule has 0 saturated carbocycles. The molecule has 148 valence electrons. The Kier molecular flexibility index (Phi) is 8.24. The van der Waals surface area contributed by atoms with Crippen molar-refractivity contribution in [1.82, 2.24) is 10.1 Å². The quantitative estimate of drug-likeness (QED) is 0.569. The fraction of sp³-hybridized carbons (Fsp3) is 0.474. The number of aromatic nitrogens is 2. The minimum Gasteiger partial charge on any atom is -0.452 e. The molecule has 0 aliphatic heterocycles. The van der Waals surface area contributed by atoms with E-state index in [0.29, 0.717) is 18.3 Å². The van der Waals surface area contributed by atoms with Crippen molar-refractivity contribution < 1.29 is 28.0 Å². The van der Waals surface area contributed by atoms with Crippen molar-refractivity contribution in [2.45, 2.75) is 52.7 Å². The molecule has 1 aromatic heterocycles. The molecule has 0 unspecified atom stereocenters. The molecule has 0 saturated heterocycles. The first-order chi connectivity index (χ1) is 12.6. The summed E-state index contributed by atoms with van der Waals surface area (Å²) in [6.45, 7) is 9.15. The van der Waals surface area contributed by atoms with E-state index in [4.69, 9.17) is 14.0 Å². The van der Waals surface area contributed by atoms with Gasteiger partial charge in [-0.3, -0.25) is 9.59 Å². The zero-order chi connectivity index (χ0) is 20.6. The Bertz CT molecular complexity index is 768. The highest BCUT2D eigenvalue weighted by atomic mass is 19.1. The number of ether oxygens (including phenoxy) is 2. The fourth-order valence-corrected chi connectivity index (χ4v) is 1.75. The number of halogens is 1.